The number of fused-ring (bicyclic) bond motifs is 1. The molecule has 1 fully saturated rings. The Morgan fingerprint density at radius 3 is 2.53 bits per heavy atom. The summed E-state index contributed by atoms with van der Waals surface area (Å²) in [5.74, 6) is 1.30. The topological polar surface area (TPSA) is 63.3 Å². The van der Waals surface area contributed by atoms with Crippen LogP contribution < -0.4 is 15.0 Å². The number of anilines is 2. The van der Waals surface area contributed by atoms with Gasteiger partial charge in [-0.05, 0) is 103 Å². The van der Waals surface area contributed by atoms with Crippen LogP contribution in [0, 0.1) is 5.92 Å². The van der Waals surface area contributed by atoms with Gasteiger partial charge >= 0.3 is 0 Å². The second-order valence-electron chi connectivity index (χ2n) is 13.3. The molecule has 2 aliphatic heterocycles. The monoisotopic (exact) mass is 639 g/mol. The van der Waals surface area contributed by atoms with Crippen LogP contribution in [0.15, 0.2) is 72.3 Å². The van der Waals surface area contributed by atoms with Crippen molar-refractivity contribution in [2.75, 3.05) is 63.4 Å². The zero-order valence-corrected chi connectivity index (χ0v) is 28.8. The molecule has 3 aromatic rings. The number of amides is 1. The van der Waals surface area contributed by atoms with Crippen molar-refractivity contribution in [1.82, 2.24) is 4.90 Å². The van der Waals surface area contributed by atoms with Gasteiger partial charge in [0.25, 0.3) is 5.91 Å². The Labute approximate surface area is 281 Å². The average Bonchev–Trinajstić information content (AvgIpc) is 3.26. The summed E-state index contributed by atoms with van der Waals surface area (Å²) in [4.78, 5) is 18.4. The number of nitrogens with zero attached hydrogens (tertiary/aromatic N) is 2. The highest BCUT2D eigenvalue weighted by Gasteiger charge is 2.22. The van der Waals surface area contributed by atoms with Crippen LogP contribution in [0.4, 0.5) is 11.4 Å². The molecule has 1 amide bonds. The molecule has 2 aliphatic rings. The lowest BCUT2D eigenvalue weighted by molar-refractivity contribution is -0.112. The third-order valence-electron chi connectivity index (χ3n) is 8.96. The fourth-order valence-electron chi connectivity index (χ4n) is 6.29. The first-order chi connectivity index (χ1) is 22.9. The minimum atomic E-state index is -0.0443. The largest absolute Gasteiger partial charge is 0.491 e. The van der Waals surface area contributed by atoms with Crippen molar-refractivity contribution >= 4 is 23.4 Å². The molecule has 3 aromatic carbocycles. The highest BCUT2D eigenvalue weighted by molar-refractivity contribution is 6.07. The maximum Gasteiger partial charge on any atom is 0.251 e. The molecule has 1 saturated heterocycles. The third kappa shape index (κ3) is 10.2. The molecule has 1 atom stereocenters. The fourth-order valence-corrected chi connectivity index (χ4v) is 6.29. The van der Waals surface area contributed by atoms with E-state index in [-0.39, 0.29) is 5.91 Å². The van der Waals surface area contributed by atoms with E-state index in [4.69, 9.17) is 14.2 Å². The van der Waals surface area contributed by atoms with Crippen molar-refractivity contribution in [3.8, 4) is 16.9 Å². The molecule has 5 rings (SSSR count). The van der Waals surface area contributed by atoms with E-state index in [0.29, 0.717) is 31.6 Å². The Balaban J connectivity index is 1.26. The van der Waals surface area contributed by atoms with E-state index >= 15 is 0 Å². The standard InChI is InChI=1S/C40H53N3O4/c1-5-6-21-45-23-24-47-38-16-11-32(12-17-38)33-13-18-39-35(25-33)26-34(19-20-43(39)27-30(2)3)40(44)41-36-14-9-31(10-15-36)28-42(4)37-8-7-22-46-29-37/h9-18,25-26,30,37H,5-8,19-24,27-29H2,1-4H3,(H,41,44). The van der Waals surface area contributed by atoms with Gasteiger partial charge in [0, 0.05) is 55.8 Å². The number of carbonyl (C=O) groups excluding carboxylic acids is 1. The van der Waals surface area contributed by atoms with Crippen LogP contribution >= 0.6 is 0 Å². The van der Waals surface area contributed by atoms with Gasteiger partial charge in [0.05, 0.1) is 13.2 Å². The van der Waals surface area contributed by atoms with E-state index in [0.717, 1.165) is 92.4 Å². The van der Waals surface area contributed by atoms with Crippen LogP contribution in [-0.4, -0.2) is 70.0 Å². The molecule has 7 heteroatoms. The number of nitrogens with one attached hydrogen (secondary N) is 1. The van der Waals surface area contributed by atoms with Crippen LogP contribution in [0.3, 0.4) is 0 Å². The molecule has 0 saturated carbocycles. The average molecular weight is 640 g/mol. The first-order valence-corrected chi connectivity index (χ1v) is 17.5. The van der Waals surface area contributed by atoms with E-state index in [1.54, 1.807) is 0 Å². The molecule has 2 heterocycles. The molecule has 1 N–H and O–H groups in total. The number of carbonyl (C=O) groups is 1. The van der Waals surface area contributed by atoms with Crippen molar-refractivity contribution in [3.05, 3.63) is 83.4 Å². The van der Waals surface area contributed by atoms with Crippen LogP contribution in [0.1, 0.15) is 64.0 Å². The molecule has 0 bridgehead atoms. The van der Waals surface area contributed by atoms with E-state index in [1.807, 2.05) is 24.3 Å². The van der Waals surface area contributed by atoms with Gasteiger partial charge in [-0.3, -0.25) is 9.69 Å². The molecule has 0 aliphatic carbocycles. The molecule has 7 nitrogen and oxygen atoms in total. The number of hydrogen-bond acceptors (Lipinski definition) is 6. The predicted octanol–water partition coefficient (Wildman–Crippen LogP) is 8.05. The lowest BCUT2D eigenvalue weighted by Crippen LogP contribution is -2.37. The molecular formula is C40H53N3O4. The van der Waals surface area contributed by atoms with Gasteiger partial charge in [-0.1, -0.05) is 57.5 Å². The summed E-state index contributed by atoms with van der Waals surface area (Å²) in [6.07, 6.45) is 7.28. The Hall–Kier alpha value is -3.65. The molecule has 252 valence electrons. The quantitative estimate of drug-likeness (QED) is 0.170. The maximum atomic E-state index is 13.6. The van der Waals surface area contributed by atoms with E-state index in [1.165, 1.54) is 17.7 Å². The summed E-state index contributed by atoms with van der Waals surface area (Å²) in [6, 6.07) is 23.5. The number of benzene rings is 3. The zero-order valence-electron chi connectivity index (χ0n) is 28.8. The number of unbranched alkanes of at least 4 members (excludes halogenated alkanes) is 1. The van der Waals surface area contributed by atoms with E-state index < -0.39 is 0 Å². The number of likely N-dealkylation sites (N-methyl/N-ethyl adjacent to an activating group) is 1. The SMILES string of the molecule is CCCCOCCOc1ccc(-c2ccc3c(c2)C=C(C(=O)Nc2ccc(CN(C)C4CCCOC4)cc2)CCN3CC(C)C)cc1. The molecule has 0 radical (unpaired) electrons. The van der Waals surface area contributed by atoms with Gasteiger partial charge in [0.15, 0.2) is 0 Å². The van der Waals surface area contributed by atoms with Gasteiger partial charge in [0.1, 0.15) is 12.4 Å². The lowest BCUT2D eigenvalue weighted by Gasteiger charge is -2.31. The van der Waals surface area contributed by atoms with Crippen molar-refractivity contribution in [2.45, 2.75) is 65.5 Å². The molecule has 0 aromatic heterocycles. The van der Waals surface area contributed by atoms with Gasteiger partial charge in [0.2, 0.25) is 0 Å². The Morgan fingerprint density at radius 2 is 1.81 bits per heavy atom. The summed E-state index contributed by atoms with van der Waals surface area (Å²) < 4.78 is 17.2. The summed E-state index contributed by atoms with van der Waals surface area (Å²) in [5.41, 5.74) is 7.30. The van der Waals surface area contributed by atoms with Crippen molar-refractivity contribution in [1.29, 1.82) is 0 Å². The molecule has 0 spiro atoms. The van der Waals surface area contributed by atoms with Crippen LogP contribution in [0.5, 0.6) is 5.75 Å². The minimum absolute atomic E-state index is 0.0443. The highest BCUT2D eigenvalue weighted by Crippen LogP contribution is 2.34. The van der Waals surface area contributed by atoms with Crippen LogP contribution in [0.25, 0.3) is 17.2 Å². The summed E-state index contributed by atoms with van der Waals surface area (Å²) >= 11 is 0. The van der Waals surface area contributed by atoms with Crippen molar-refractivity contribution in [3.63, 3.8) is 0 Å². The van der Waals surface area contributed by atoms with Gasteiger partial charge in [-0.25, -0.2) is 0 Å². The molecular weight excluding hydrogens is 586 g/mol. The van der Waals surface area contributed by atoms with Gasteiger partial charge < -0.3 is 24.4 Å². The lowest BCUT2D eigenvalue weighted by atomic mass is 10.00. The number of ether oxygens (including phenoxy) is 3. The van der Waals surface area contributed by atoms with Gasteiger partial charge in [-0.2, -0.15) is 0 Å². The second kappa shape index (κ2) is 17.5. The highest BCUT2D eigenvalue weighted by atomic mass is 16.5. The van der Waals surface area contributed by atoms with Crippen molar-refractivity contribution in [2.24, 2.45) is 5.92 Å². The zero-order chi connectivity index (χ0) is 33.0. The van der Waals surface area contributed by atoms with Gasteiger partial charge in [-0.15, -0.1) is 0 Å². The second-order valence-corrected chi connectivity index (χ2v) is 13.3. The maximum absolute atomic E-state index is 13.6. The molecule has 47 heavy (non-hydrogen) atoms. The predicted molar refractivity (Wildman–Crippen MR) is 193 cm³/mol. The smallest absolute Gasteiger partial charge is 0.251 e. The third-order valence-corrected chi connectivity index (χ3v) is 8.96. The van der Waals surface area contributed by atoms with Crippen molar-refractivity contribution < 1.29 is 19.0 Å². The minimum Gasteiger partial charge on any atom is -0.491 e. The summed E-state index contributed by atoms with van der Waals surface area (Å²) in [7, 11) is 2.16. The number of hydrogen-bond donors (Lipinski definition) is 1. The van der Waals surface area contributed by atoms with Crippen LogP contribution in [0.2, 0.25) is 0 Å². The molecule has 1 unspecified atom stereocenters. The van der Waals surface area contributed by atoms with Crippen LogP contribution in [-0.2, 0) is 20.8 Å². The van der Waals surface area contributed by atoms with E-state index in [9.17, 15) is 4.79 Å². The van der Waals surface area contributed by atoms with E-state index in [2.05, 4.69) is 91.5 Å². The summed E-state index contributed by atoms with van der Waals surface area (Å²) in [5, 5.41) is 3.17. The Bertz CT molecular complexity index is 1450. The Morgan fingerprint density at radius 1 is 1.02 bits per heavy atom. The normalized spacial score (nSPS) is 16.5. The Kier molecular flexibility index (Phi) is 12.9. The first kappa shape index (κ1) is 34.7. The number of rotatable bonds is 15. The fraction of sp³-hybridized carbons (Fsp3) is 0.475. The summed E-state index contributed by atoms with van der Waals surface area (Å²) in [6.45, 7) is 12.8. The first-order valence-electron chi connectivity index (χ1n) is 17.5.